The van der Waals surface area contributed by atoms with Crippen LogP contribution in [-0.2, 0) is 9.53 Å². The Hall–Kier alpha value is -1.18. The third-order valence-electron chi connectivity index (χ3n) is 2.74. The van der Waals surface area contributed by atoms with Gasteiger partial charge in [0.2, 0.25) is 11.2 Å². The highest BCUT2D eigenvalue weighted by Gasteiger charge is 2.32. The predicted molar refractivity (Wildman–Crippen MR) is 75.1 cm³/mol. The van der Waals surface area contributed by atoms with Crippen molar-refractivity contribution >= 4 is 34.9 Å². The van der Waals surface area contributed by atoms with Crippen LogP contribution in [-0.4, -0.2) is 52.9 Å². The van der Waals surface area contributed by atoms with Crippen molar-refractivity contribution < 1.29 is 9.53 Å². The number of nitrogens with zero attached hydrogens (tertiary/aromatic N) is 4. The molecule has 1 saturated heterocycles. The normalized spacial score (nSPS) is 19.2. The fraction of sp³-hybridized carbons (Fsp3) is 0.636. The molecule has 1 aliphatic rings. The van der Waals surface area contributed by atoms with Crippen molar-refractivity contribution in [3.8, 4) is 0 Å². The second-order valence-electron chi connectivity index (χ2n) is 4.64. The van der Waals surface area contributed by atoms with Crippen molar-refractivity contribution in [2.45, 2.75) is 25.9 Å². The smallest absolute Gasteiger partial charge is 0.245 e. The number of morpholine rings is 1. The van der Waals surface area contributed by atoms with E-state index in [9.17, 15) is 4.79 Å². The highest BCUT2D eigenvalue weighted by atomic mass is 35.5. The Balaban J connectivity index is 2.26. The minimum Gasteiger partial charge on any atom is -0.377 e. The molecule has 1 amide bonds. The lowest BCUT2D eigenvalue weighted by molar-refractivity contribution is -0.125. The lowest BCUT2D eigenvalue weighted by Gasteiger charge is -2.35. The first-order valence-electron chi connectivity index (χ1n) is 6.19. The summed E-state index contributed by atoms with van der Waals surface area (Å²) in [4.78, 5) is 18.0. The number of halogens is 2. The van der Waals surface area contributed by atoms with E-state index in [-0.39, 0.29) is 29.0 Å². The number of nitrogens with one attached hydrogen (secondary N) is 1. The van der Waals surface area contributed by atoms with Crippen molar-refractivity contribution in [3.05, 3.63) is 10.4 Å². The van der Waals surface area contributed by atoms with E-state index in [2.05, 4.69) is 20.5 Å². The van der Waals surface area contributed by atoms with Gasteiger partial charge >= 0.3 is 0 Å². The van der Waals surface area contributed by atoms with Crippen LogP contribution < -0.4 is 10.2 Å². The molecule has 1 N–H and O–H groups in total. The lowest BCUT2D eigenvalue weighted by Crippen LogP contribution is -2.55. The van der Waals surface area contributed by atoms with Gasteiger partial charge in [-0.05, 0) is 25.4 Å². The molecule has 0 bridgehead atoms. The quantitative estimate of drug-likeness (QED) is 0.892. The number of carbonyl (C=O) groups excluding carboxylic acids is 1. The van der Waals surface area contributed by atoms with E-state index in [4.69, 9.17) is 27.9 Å². The molecule has 1 atom stereocenters. The van der Waals surface area contributed by atoms with Gasteiger partial charge in [-0.15, -0.1) is 10.2 Å². The van der Waals surface area contributed by atoms with Gasteiger partial charge in [0.05, 0.1) is 13.2 Å². The third kappa shape index (κ3) is 3.47. The van der Waals surface area contributed by atoms with Crippen LogP contribution in [0.15, 0.2) is 0 Å². The SMILES string of the molecule is CC(C)NC(=O)C1COCCN1c1nc(Cl)nnc1Cl. The molecule has 9 heteroatoms. The van der Waals surface area contributed by atoms with Crippen LogP contribution in [0.25, 0.3) is 0 Å². The Labute approximate surface area is 126 Å². The molecule has 0 spiro atoms. The van der Waals surface area contributed by atoms with Crippen molar-refractivity contribution in [1.29, 1.82) is 0 Å². The highest BCUT2D eigenvalue weighted by molar-refractivity contribution is 6.32. The van der Waals surface area contributed by atoms with Crippen molar-refractivity contribution in [3.63, 3.8) is 0 Å². The summed E-state index contributed by atoms with van der Waals surface area (Å²) < 4.78 is 5.36. The van der Waals surface area contributed by atoms with Crippen LogP contribution >= 0.6 is 23.2 Å². The van der Waals surface area contributed by atoms with Gasteiger partial charge < -0.3 is 15.0 Å². The summed E-state index contributed by atoms with van der Waals surface area (Å²) in [5.74, 6) is 0.198. The van der Waals surface area contributed by atoms with Crippen molar-refractivity contribution in [2.75, 3.05) is 24.7 Å². The largest absolute Gasteiger partial charge is 0.377 e. The summed E-state index contributed by atoms with van der Waals surface area (Å²) >= 11 is 11.7. The fourth-order valence-corrected chi connectivity index (χ4v) is 2.23. The van der Waals surface area contributed by atoms with E-state index in [1.807, 2.05) is 13.8 Å². The van der Waals surface area contributed by atoms with Crippen molar-refractivity contribution in [1.82, 2.24) is 20.5 Å². The highest BCUT2D eigenvalue weighted by Crippen LogP contribution is 2.25. The first kappa shape index (κ1) is 15.2. The molecule has 0 saturated carbocycles. The molecule has 2 rings (SSSR count). The Morgan fingerprint density at radius 3 is 2.90 bits per heavy atom. The number of amides is 1. The second-order valence-corrected chi connectivity index (χ2v) is 5.34. The summed E-state index contributed by atoms with van der Waals surface area (Å²) in [5.41, 5.74) is 0. The number of aromatic nitrogens is 3. The van der Waals surface area contributed by atoms with Gasteiger partial charge in [-0.2, -0.15) is 4.98 Å². The van der Waals surface area contributed by atoms with E-state index < -0.39 is 6.04 Å². The van der Waals surface area contributed by atoms with Crippen LogP contribution in [0, 0.1) is 0 Å². The van der Waals surface area contributed by atoms with Crippen molar-refractivity contribution in [2.24, 2.45) is 0 Å². The van der Waals surface area contributed by atoms with Crippen LogP contribution in [0.5, 0.6) is 0 Å². The molecule has 0 aromatic carbocycles. The molecule has 2 heterocycles. The zero-order chi connectivity index (χ0) is 14.7. The number of hydrogen-bond acceptors (Lipinski definition) is 6. The maximum absolute atomic E-state index is 12.2. The Morgan fingerprint density at radius 2 is 2.20 bits per heavy atom. The monoisotopic (exact) mass is 319 g/mol. The number of ether oxygens (including phenoxy) is 1. The van der Waals surface area contributed by atoms with Crippen LogP contribution in [0.3, 0.4) is 0 Å². The number of carbonyl (C=O) groups is 1. The predicted octanol–water partition coefficient (Wildman–Crippen LogP) is 0.908. The van der Waals surface area contributed by atoms with Crippen LogP contribution in [0.1, 0.15) is 13.8 Å². The summed E-state index contributed by atoms with van der Waals surface area (Å²) in [5, 5.41) is 10.2. The molecule has 1 unspecified atom stereocenters. The first-order chi connectivity index (χ1) is 9.49. The summed E-state index contributed by atoms with van der Waals surface area (Å²) in [7, 11) is 0. The number of anilines is 1. The summed E-state index contributed by atoms with van der Waals surface area (Å²) in [6.45, 7) is 4.99. The first-order valence-corrected chi connectivity index (χ1v) is 6.95. The van der Waals surface area contributed by atoms with E-state index >= 15 is 0 Å². The molecule has 0 radical (unpaired) electrons. The number of rotatable bonds is 3. The Morgan fingerprint density at radius 1 is 1.45 bits per heavy atom. The third-order valence-corrected chi connectivity index (χ3v) is 3.14. The zero-order valence-electron chi connectivity index (χ0n) is 11.1. The lowest BCUT2D eigenvalue weighted by atomic mass is 10.2. The minimum atomic E-state index is -0.517. The number of hydrogen-bond donors (Lipinski definition) is 1. The van der Waals surface area contributed by atoms with E-state index in [1.165, 1.54) is 0 Å². The standard InChI is InChI=1S/C11H15Cl2N5O2/c1-6(2)14-10(19)7-5-20-4-3-18(7)9-8(12)16-17-11(13)15-9/h6-7H,3-5H2,1-2H3,(H,14,19). The van der Waals surface area contributed by atoms with Crippen LogP contribution in [0.2, 0.25) is 10.4 Å². The minimum absolute atomic E-state index is 0.0149. The second kappa shape index (κ2) is 6.51. The molecule has 7 nitrogen and oxygen atoms in total. The molecule has 1 fully saturated rings. The molecule has 0 aliphatic carbocycles. The van der Waals surface area contributed by atoms with Crippen LogP contribution in [0.4, 0.5) is 5.82 Å². The Bertz CT molecular complexity index is 500. The van der Waals surface area contributed by atoms with E-state index in [1.54, 1.807) is 4.90 Å². The average molecular weight is 320 g/mol. The molecule has 110 valence electrons. The fourth-order valence-electron chi connectivity index (χ4n) is 1.92. The van der Waals surface area contributed by atoms with Gasteiger partial charge in [0.25, 0.3) is 0 Å². The maximum atomic E-state index is 12.2. The van der Waals surface area contributed by atoms with E-state index in [0.717, 1.165) is 0 Å². The van der Waals surface area contributed by atoms with Gasteiger partial charge in [0.15, 0.2) is 11.0 Å². The maximum Gasteiger partial charge on any atom is 0.245 e. The van der Waals surface area contributed by atoms with Gasteiger partial charge in [0.1, 0.15) is 6.04 Å². The van der Waals surface area contributed by atoms with Gasteiger partial charge in [-0.25, -0.2) is 0 Å². The molecule has 1 aliphatic heterocycles. The molecule has 1 aromatic rings. The zero-order valence-corrected chi connectivity index (χ0v) is 12.6. The molecule has 20 heavy (non-hydrogen) atoms. The molecular weight excluding hydrogens is 305 g/mol. The summed E-state index contributed by atoms with van der Waals surface area (Å²) in [6, 6.07) is -0.481. The summed E-state index contributed by atoms with van der Waals surface area (Å²) in [6.07, 6.45) is 0. The van der Waals surface area contributed by atoms with E-state index in [0.29, 0.717) is 19.0 Å². The van der Waals surface area contributed by atoms with Gasteiger partial charge in [0, 0.05) is 12.6 Å². The average Bonchev–Trinajstić information content (AvgIpc) is 2.41. The van der Waals surface area contributed by atoms with Gasteiger partial charge in [-0.3, -0.25) is 4.79 Å². The van der Waals surface area contributed by atoms with Gasteiger partial charge in [-0.1, -0.05) is 11.6 Å². The molecular formula is C11H15Cl2N5O2. The topological polar surface area (TPSA) is 80.2 Å². The molecule has 1 aromatic heterocycles. The Kier molecular flexibility index (Phi) is 4.95.